The molecule has 0 aliphatic rings. The van der Waals surface area contributed by atoms with Crippen molar-refractivity contribution in [3.05, 3.63) is 0 Å². The van der Waals surface area contributed by atoms with Gasteiger partial charge in [-0.1, -0.05) is 63.1 Å². The van der Waals surface area contributed by atoms with Crippen LogP contribution in [0.1, 0.15) is 0 Å². The molecule has 0 saturated heterocycles. The lowest BCUT2D eigenvalue weighted by atomic mass is 10.2. The zero-order valence-corrected chi connectivity index (χ0v) is 15.0. The largest absolute Gasteiger partial charge is 0.0993 e. The van der Waals surface area contributed by atoms with Crippen molar-refractivity contribution >= 4 is 32.1 Å². The zero-order chi connectivity index (χ0) is 12.0. The lowest BCUT2D eigenvalue weighted by molar-refractivity contribution is 1.25. The molecule has 0 unspecified atom stereocenters. The van der Waals surface area contributed by atoms with Crippen molar-refractivity contribution in [2.24, 2.45) is 0 Å². The fraction of sp³-hybridized carbons (Fsp3) is 1.00. The van der Waals surface area contributed by atoms with Crippen molar-refractivity contribution in [3.63, 3.8) is 0 Å². The number of rotatable bonds is 3. The molecule has 0 bridgehead atoms. The van der Waals surface area contributed by atoms with E-state index in [0.29, 0.717) is 0 Å². The standard InChI is InChI=1S/C10H29BSi3/c1-12(2,3)10(11,13(4,5)6)14(7,8)9/h11H2,1-9H3. The van der Waals surface area contributed by atoms with Gasteiger partial charge in [0.25, 0.3) is 0 Å². The average molecular weight is 244 g/mol. The second kappa shape index (κ2) is 3.63. The Morgan fingerprint density at radius 2 is 0.714 bits per heavy atom. The average Bonchev–Trinajstić information content (AvgIpc) is 1.77. The predicted octanol–water partition coefficient (Wildman–Crippen LogP) is 3.41. The summed E-state index contributed by atoms with van der Waals surface area (Å²) >= 11 is 0. The van der Waals surface area contributed by atoms with Crippen LogP contribution < -0.4 is 0 Å². The fourth-order valence-corrected chi connectivity index (χ4v) is 30.4. The molecule has 0 atom stereocenters. The second-order valence-corrected chi connectivity index (χ2v) is 25.9. The summed E-state index contributed by atoms with van der Waals surface area (Å²) in [6.45, 7) is 23.2. The van der Waals surface area contributed by atoms with Crippen LogP contribution in [0.5, 0.6) is 0 Å². The molecular weight excluding hydrogens is 215 g/mol. The van der Waals surface area contributed by atoms with Crippen LogP contribution in [0.4, 0.5) is 0 Å². The summed E-state index contributed by atoms with van der Waals surface area (Å²) in [5.41, 5.74) is 0. The molecule has 0 N–H and O–H groups in total. The van der Waals surface area contributed by atoms with Crippen molar-refractivity contribution in [1.82, 2.24) is 0 Å². The summed E-state index contributed by atoms with van der Waals surface area (Å²) in [4.78, 5) is 0. The minimum Gasteiger partial charge on any atom is -0.0701 e. The van der Waals surface area contributed by atoms with Crippen LogP contribution in [0.2, 0.25) is 63.1 Å². The third-order valence-electron chi connectivity index (χ3n) is 4.50. The molecule has 0 amide bonds. The first-order valence-corrected chi connectivity index (χ1v) is 16.2. The van der Waals surface area contributed by atoms with Crippen LogP contribution in [0, 0.1) is 0 Å². The number of hydrogen-bond acceptors (Lipinski definition) is 0. The summed E-state index contributed by atoms with van der Waals surface area (Å²) in [5, 5.41) is 0. The molecule has 0 saturated carbocycles. The molecule has 0 aliphatic carbocycles. The van der Waals surface area contributed by atoms with Crippen LogP contribution in [0.3, 0.4) is 0 Å². The maximum atomic E-state index is 2.62. The number of hydrogen-bond donors (Lipinski definition) is 0. The first kappa shape index (κ1) is 14.7. The van der Waals surface area contributed by atoms with Gasteiger partial charge in [-0.2, -0.15) is 0 Å². The van der Waals surface area contributed by atoms with Crippen LogP contribution in [0.25, 0.3) is 0 Å². The first-order valence-electron chi connectivity index (χ1n) is 5.75. The van der Waals surface area contributed by atoms with E-state index < -0.39 is 24.2 Å². The molecule has 0 heterocycles. The molecule has 0 nitrogen and oxygen atoms in total. The zero-order valence-electron chi connectivity index (χ0n) is 12.0. The third kappa shape index (κ3) is 2.27. The summed E-state index contributed by atoms with van der Waals surface area (Å²) < 4.78 is 0.729. The molecule has 14 heavy (non-hydrogen) atoms. The fourth-order valence-electron chi connectivity index (χ4n) is 3.38. The lowest BCUT2D eigenvalue weighted by Crippen LogP contribution is -2.66. The maximum Gasteiger partial charge on any atom is 0.0993 e. The van der Waals surface area contributed by atoms with E-state index >= 15 is 0 Å². The molecule has 0 aromatic heterocycles. The molecule has 4 heteroatoms. The van der Waals surface area contributed by atoms with Crippen molar-refractivity contribution in [2.45, 2.75) is 63.1 Å². The third-order valence-corrected chi connectivity index (χ3v) is 27.0. The molecule has 0 aromatic carbocycles. The van der Waals surface area contributed by atoms with E-state index in [-0.39, 0.29) is 0 Å². The molecule has 0 spiro atoms. The topological polar surface area (TPSA) is 0 Å². The van der Waals surface area contributed by atoms with E-state index in [2.05, 4.69) is 66.8 Å². The van der Waals surface area contributed by atoms with Gasteiger partial charge >= 0.3 is 0 Å². The Morgan fingerprint density at radius 3 is 0.714 bits per heavy atom. The maximum absolute atomic E-state index is 2.62. The Hall–Kier alpha value is 0.716. The molecule has 0 aromatic rings. The van der Waals surface area contributed by atoms with Crippen LogP contribution >= 0.6 is 0 Å². The van der Waals surface area contributed by atoms with Gasteiger partial charge in [0.05, 0.1) is 7.85 Å². The van der Waals surface area contributed by atoms with Crippen molar-refractivity contribution in [2.75, 3.05) is 0 Å². The van der Waals surface area contributed by atoms with Gasteiger partial charge in [-0.25, -0.2) is 0 Å². The Kier molecular flexibility index (Phi) is 3.82. The predicted molar refractivity (Wildman–Crippen MR) is 81.3 cm³/mol. The summed E-state index contributed by atoms with van der Waals surface area (Å²) in [7, 11) is -0.552. The van der Waals surface area contributed by atoms with Gasteiger partial charge < -0.3 is 0 Å². The quantitative estimate of drug-likeness (QED) is 0.667. The summed E-state index contributed by atoms with van der Waals surface area (Å²) in [5.74, 6) is 0. The van der Waals surface area contributed by atoms with Gasteiger partial charge in [-0.05, 0) is 0 Å². The summed E-state index contributed by atoms with van der Waals surface area (Å²) in [6.07, 6.45) is 0. The lowest BCUT2D eigenvalue weighted by Gasteiger charge is -2.57. The SMILES string of the molecule is BC([Si](C)(C)C)([Si](C)(C)C)[Si](C)(C)C. The highest BCUT2D eigenvalue weighted by atomic mass is 28.5. The van der Waals surface area contributed by atoms with Gasteiger partial charge in [-0.15, -0.1) is 0 Å². The Bertz CT molecular complexity index is 169. The minimum absolute atomic E-state index is 0.729. The van der Waals surface area contributed by atoms with E-state index in [1.807, 2.05) is 0 Å². The molecule has 0 aliphatic heterocycles. The highest BCUT2D eigenvalue weighted by molar-refractivity contribution is 7.21. The van der Waals surface area contributed by atoms with Crippen LogP contribution in [0.15, 0.2) is 0 Å². The minimum atomic E-state index is -1.06. The highest BCUT2D eigenvalue weighted by Crippen LogP contribution is 2.50. The monoisotopic (exact) mass is 244 g/mol. The molecule has 84 valence electrons. The Balaban J connectivity index is 5.54. The van der Waals surface area contributed by atoms with E-state index in [1.165, 1.54) is 0 Å². The first-order chi connectivity index (χ1) is 5.75. The van der Waals surface area contributed by atoms with E-state index in [1.54, 1.807) is 0 Å². The summed E-state index contributed by atoms with van der Waals surface area (Å²) in [6, 6.07) is 0. The van der Waals surface area contributed by atoms with E-state index in [9.17, 15) is 0 Å². The molecule has 0 radical (unpaired) electrons. The smallest absolute Gasteiger partial charge is 0.0701 e. The van der Waals surface area contributed by atoms with Crippen molar-refractivity contribution in [3.8, 4) is 0 Å². The van der Waals surface area contributed by atoms with Gasteiger partial charge in [0.1, 0.15) is 0 Å². The van der Waals surface area contributed by atoms with Crippen molar-refractivity contribution < 1.29 is 0 Å². The van der Waals surface area contributed by atoms with Gasteiger partial charge in [0.15, 0.2) is 0 Å². The van der Waals surface area contributed by atoms with Gasteiger partial charge in [0.2, 0.25) is 0 Å². The van der Waals surface area contributed by atoms with Gasteiger partial charge in [-0.3, -0.25) is 0 Å². The van der Waals surface area contributed by atoms with Crippen LogP contribution in [-0.2, 0) is 0 Å². The van der Waals surface area contributed by atoms with Crippen molar-refractivity contribution in [1.29, 1.82) is 0 Å². The van der Waals surface area contributed by atoms with E-state index in [0.717, 1.165) is 4.18 Å². The van der Waals surface area contributed by atoms with E-state index in [4.69, 9.17) is 0 Å². The van der Waals surface area contributed by atoms with Gasteiger partial charge in [0, 0.05) is 24.2 Å². The van der Waals surface area contributed by atoms with Crippen LogP contribution in [-0.4, -0.2) is 32.1 Å². The highest BCUT2D eigenvalue weighted by Gasteiger charge is 2.55. The second-order valence-electron chi connectivity index (χ2n) is 7.88. The molecule has 0 fully saturated rings. The Morgan fingerprint density at radius 1 is 0.571 bits per heavy atom. The molecule has 0 rings (SSSR count). The Labute approximate surface area is 95.3 Å². The normalized spacial score (nSPS) is 15.8. The molecular formula is C10H29BSi3.